The number of anilines is 1. The van der Waals surface area contributed by atoms with Crippen LogP contribution in [0.5, 0.6) is 5.88 Å². The van der Waals surface area contributed by atoms with Gasteiger partial charge in [0.2, 0.25) is 5.88 Å². The monoisotopic (exact) mass is 362 g/mol. The molecule has 0 spiro atoms. The second-order valence-electron chi connectivity index (χ2n) is 5.29. The molecule has 0 amide bonds. The molecule has 0 fully saturated rings. The van der Waals surface area contributed by atoms with Crippen LogP contribution in [0.2, 0.25) is 0 Å². The van der Waals surface area contributed by atoms with Crippen LogP contribution in [0.1, 0.15) is 6.42 Å². The number of nitrogens with one attached hydrogen (secondary N) is 1. The summed E-state index contributed by atoms with van der Waals surface area (Å²) in [5.41, 5.74) is 1.54. The molecule has 3 heterocycles. The summed E-state index contributed by atoms with van der Waals surface area (Å²) in [5, 5.41) is 5.68. The van der Waals surface area contributed by atoms with Gasteiger partial charge in [0.05, 0.1) is 12.8 Å². The van der Waals surface area contributed by atoms with Crippen molar-refractivity contribution in [1.82, 2.24) is 14.2 Å². The molecule has 2 aromatic heterocycles. The number of nitrogens with zero attached hydrogens (tertiary/aromatic N) is 3. The van der Waals surface area contributed by atoms with Gasteiger partial charge in [0.15, 0.2) is 0 Å². The molecule has 0 atom stereocenters. The fraction of sp³-hybridized carbons (Fsp3) is 0.200. The molecule has 7 nitrogen and oxygen atoms in total. The van der Waals surface area contributed by atoms with Gasteiger partial charge in [-0.25, -0.2) is 13.1 Å². The molecular weight excluding hydrogens is 348 g/mol. The van der Waals surface area contributed by atoms with E-state index in [0.29, 0.717) is 30.4 Å². The third-order valence-electron chi connectivity index (χ3n) is 3.66. The summed E-state index contributed by atoms with van der Waals surface area (Å²) in [5.74, 6) is 0.453. The van der Waals surface area contributed by atoms with Crippen molar-refractivity contribution in [2.75, 3.05) is 11.3 Å². The predicted molar refractivity (Wildman–Crippen MR) is 90.7 cm³/mol. The molecule has 3 aromatic rings. The molecule has 124 valence electrons. The van der Waals surface area contributed by atoms with Crippen molar-refractivity contribution in [2.45, 2.75) is 17.9 Å². The largest absolute Gasteiger partial charge is 0.476 e. The first-order chi connectivity index (χ1) is 11.6. The zero-order chi connectivity index (χ0) is 16.6. The molecule has 4 rings (SSSR count). The lowest BCUT2D eigenvalue weighted by Crippen LogP contribution is -2.17. The van der Waals surface area contributed by atoms with E-state index in [4.69, 9.17) is 4.74 Å². The fourth-order valence-corrected chi connectivity index (χ4v) is 4.77. The van der Waals surface area contributed by atoms with Crippen molar-refractivity contribution >= 4 is 27.2 Å². The molecule has 1 aromatic carbocycles. The summed E-state index contributed by atoms with van der Waals surface area (Å²) in [6.07, 6.45) is 2.33. The van der Waals surface area contributed by atoms with E-state index >= 15 is 0 Å². The van der Waals surface area contributed by atoms with Gasteiger partial charge in [-0.05, 0) is 11.5 Å². The number of aryl methyl sites for hydroxylation is 1. The first-order valence-corrected chi connectivity index (χ1v) is 9.68. The SMILES string of the molecule is O=S(=O)(Nc1cnn2c1OCCC2)c1csnc1-c1ccccc1. The number of fused-ring (bicyclic) bond motifs is 1. The topological polar surface area (TPSA) is 86.1 Å². The van der Waals surface area contributed by atoms with E-state index in [1.165, 1.54) is 11.6 Å². The Morgan fingerprint density at radius 1 is 1.25 bits per heavy atom. The van der Waals surface area contributed by atoms with Crippen LogP contribution in [-0.2, 0) is 16.6 Å². The van der Waals surface area contributed by atoms with Crippen molar-refractivity contribution < 1.29 is 13.2 Å². The predicted octanol–water partition coefficient (Wildman–Crippen LogP) is 2.59. The highest BCUT2D eigenvalue weighted by Crippen LogP contribution is 2.32. The van der Waals surface area contributed by atoms with E-state index in [-0.39, 0.29) is 4.90 Å². The van der Waals surface area contributed by atoms with Crippen LogP contribution in [-0.4, -0.2) is 29.2 Å². The van der Waals surface area contributed by atoms with Crippen molar-refractivity contribution in [3.63, 3.8) is 0 Å². The Kier molecular flexibility index (Phi) is 3.73. The third-order valence-corrected chi connectivity index (χ3v) is 5.82. The minimum atomic E-state index is -3.79. The molecule has 0 aliphatic carbocycles. The molecule has 0 saturated carbocycles. The van der Waals surface area contributed by atoms with E-state index in [1.54, 1.807) is 4.68 Å². The third kappa shape index (κ3) is 2.65. The Hall–Kier alpha value is -2.39. The van der Waals surface area contributed by atoms with Crippen molar-refractivity contribution in [3.8, 4) is 17.1 Å². The quantitative estimate of drug-likeness (QED) is 0.771. The number of aromatic nitrogens is 3. The van der Waals surface area contributed by atoms with Crippen LogP contribution in [0.4, 0.5) is 5.69 Å². The van der Waals surface area contributed by atoms with Crippen molar-refractivity contribution in [2.24, 2.45) is 0 Å². The van der Waals surface area contributed by atoms with E-state index in [9.17, 15) is 8.42 Å². The molecule has 0 radical (unpaired) electrons. The summed E-state index contributed by atoms with van der Waals surface area (Å²) < 4.78 is 39.6. The van der Waals surface area contributed by atoms with Crippen LogP contribution in [0.3, 0.4) is 0 Å². The minimum Gasteiger partial charge on any atom is -0.476 e. The zero-order valence-corrected chi connectivity index (χ0v) is 14.2. The molecular formula is C15H14N4O3S2. The molecule has 9 heteroatoms. The van der Waals surface area contributed by atoms with Gasteiger partial charge in [-0.1, -0.05) is 30.3 Å². The zero-order valence-electron chi connectivity index (χ0n) is 12.5. The first-order valence-electron chi connectivity index (χ1n) is 7.36. The highest BCUT2D eigenvalue weighted by Gasteiger charge is 2.26. The summed E-state index contributed by atoms with van der Waals surface area (Å²) in [6.45, 7) is 1.27. The van der Waals surface area contributed by atoms with Gasteiger partial charge in [-0.15, -0.1) is 0 Å². The summed E-state index contributed by atoms with van der Waals surface area (Å²) in [7, 11) is -3.79. The van der Waals surface area contributed by atoms with Crippen molar-refractivity contribution in [3.05, 3.63) is 41.9 Å². The Morgan fingerprint density at radius 2 is 2.08 bits per heavy atom. The number of hydrogen-bond acceptors (Lipinski definition) is 6. The van der Waals surface area contributed by atoms with Gasteiger partial charge < -0.3 is 4.74 Å². The van der Waals surface area contributed by atoms with E-state index in [1.807, 2.05) is 30.3 Å². The minimum absolute atomic E-state index is 0.148. The van der Waals surface area contributed by atoms with Gasteiger partial charge in [0.25, 0.3) is 10.0 Å². The highest BCUT2D eigenvalue weighted by molar-refractivity contribution is 7.93. The number of sulfonamides is 1. The molecule has 1 aliphatic heterocycles. The number of ether oxygens (including phenoxy) is 1. The van der Waals surface area contributed by atoms with Crippen molar-refractivity contribution in [1.29, 1.82) is 0 Å². The molecule has 0 saturated heterocycles. The average molecular weight is 362 g/mol. The molecule has 0 bridgehead atoms. The Labute approximate surface area is 143 Å². The molecule has 24 heavy (non-hydrogen) atoms. The first kappa shape index (κ1) is 15.2. The summed E-state index contributed by atoms with van der Waals surface area (Å²) >= 11 is 1.11. The van der Waals surface area contributed by atoms with Gasteiger partial charge >= 0.3 is 0 Å². The van der Waals surface area contributed by atoms with E-state index in [0.717, 1.165) is 23.5 Å². The van der Waals surface area contributed by atoms with Crippen LogP contribution in [0.25, 0.3) is 11.3 Å². The van der Waals surface area contributed by atoms with Gasteiger partial charge in [-0.3, -0.25) is 4.72 Å². The van der Waals surface area contributed by atoms with Crippen LogP contribution < -0.4 is 9.46 Å². The standard InChI is InChI=1S/C15H14N4O3S2/c20-24(21,18-12-9-16-19-7-4-8-22-15(12)19)13-10-23-17-14(13)11-5-2-1-3-6-11/h1-3,5-6,9-10,18H,4,7-8H2. The van der Waals surface area contributed by atoms with Gasteiger partial charge in [0.1, 0.15) is 16.3 Å². The Balaban J connectivity index is 1.70. The van der Waals surface area contributed by atoms with Gasteiger partial charge in [0, 0.05) is 23.9 Å². The lowest BCUT2D eigenvalue weighted by Gasteiger charge is -2.16. The normalized spacial score (nSPS) is 14.0. The second kappa shape index (κ2) is 5.91. The van der Waals surface area contributed by atoms with Crippen LogP contribution in [0, 0.1) is 0 Å². The molecule has 1 N–H and O–H groups in total. The summed E-state index contributed by atoms with van der Waals surface area (Å²) in [6, 6.07) is 9.23. The second-order valence-corrected chi connectivity index (χ2v) is 7.57. The average Bonchev–Trinajstić information content (AvgIpc) is 3.24. The van der Waals surface area contributed by atoms with E-state index in [2.05, 4.69) is 14.2 Å². The number of rotatable bonds is 4. The fourth-order valence-electron chi connectivity index (χ4n) is 2.55. The lowest BCUT2D eigenvalue weighted by atomic mass is 10.2. The van der Waals surface area contributed by atoms with Crippen LogP contribution in [0.15, 0.2) is 46.8 Å². The number of hydrogen-bond donors (Lipinski definition) is 1. The maximum Gasteiger partial charge on any atom is 0.265 e. The highest BCUT2D eigenvalue weighted by atomic mass is 32.2. The maximum absolute atomic E-state index is 12.8. The Bertz CT molecular complexity index is 964. The Morgan fingerprint density at radius 3 is 2.92 bits per heavy atom. The van der Waals surface area contributed by atoms with Crippen LogP contribution >= 0.6 is 11.5 Å². The maximum atomic E-state index is 12.8. The number of benzene rings is 1. The molecule has 1 aliphatic rings. The lowest BCUT2D eigenvalue weighted by molar-refractivity contribution is 0.232. The van der Waals surface area contributed by atoms with E-state index < -0.39 is 10.0 Å². The summed E-state index contributed by atoms with van der Waals surface area (Å²) in [4.78, 5) is 0.148. The van der Waals surface area contributed by atoms with Gasteiger partial charge in [-0.2, -0.15) is 9.47 Å². The molecule has 0 unspecified atom stereocenters. The smallest absolute Gasteiger partial charge is 0.265 e.